The van der Waals surface area contributed by atoms with Crippen molar-refractivity contribution in [3.8, 4) is 0 Å². The largest absolute Gasteiger partial charge is 0.342 e. The van der Waals surface area contributed by atoms with Crippen LogP contribution in [0.2, 0.25) is 0 Å². The minimum atomic E-state index is -0.0279. The summed E-state index contributed by atoms with van der Waals surface area (Å²) in [6, 6.07) is 9.77. The Kier molecular flexibility index (Phi) is 5.74. The van der Waals surface area contributed by atoms with Crippen LogP contribution in [-0.4, -0.2) is 53.3 Å². The molecule has 0 radical (unpaired) electrons. The van der Waals surface area contributed by atoms with E-state index in [2.05, 4.69) is 49.3 Å². The summed E-state index contributed by atoms with van der Waals surface area (Å²) in [4.78, 5) is 31.5. The van der Waals surface area contributed by atoms with Crippen molar-refractivity contribution in [3.63, 3.8) is 0 Å². The molecule has 3 rings (SSSR count). The first-order valence-corrected chi connectivity index (χ1v) is 9.31. The molecule has 1 aliphatic rings. The number of nitrogens with one attached hydrogen (secondary N) is 1. The van der Waals surface area contributed by atoms with Crippen LogP contribution in [0.1, 0.15) is 41.3 Å². The van der Waals surface area contributed by atoms with Crippen molar-refractivity contribution < 1.29 is 9.59 Å². The van der Waals surface area contributed by atoms with E-state index in [0.717, 1.165) is 17.7 Å². The number of piperazine rings is 1. The second kappa shape index (κ2) is 8.20. The maximum absolute atomic E-state index is 12.8. The van der Waals surface area contributed by atoms with E-state index in [0.29, 0.717) is 43.5 Å². The number of amides is 2. The predicted molar refractivity (Wildman–Crippen MR) is 106 cm³/mol. The van der Waals surface area contributed by atoms with Gasteiger partial charge in [0.05, 0.1) is 0 Å². The van der Waals surface area contributed by atoms with E-state index in [1.807, 2.05) is 0 Å². The molecule has 0 aliphatic carbocycles. The number of carbonyl (C=O) groups excluding carboxylic acids is 2. The van der Waals surface area contributed by atoms with Crippen LogP contribution in [-0.2, 0) is 4.79 Å². The summed E-state index contributed by atoms with van der Waals surface area (Å²) in [6.07, 6.45) is 2.50. The van der Waals surface area contributed by atoms with Gasteiger partial charge < -0.3 is 15.1 Å². The number of rotatable bonds is 5. The minimum Gasteiger partial charge on any atom is -0.342 e. The monoisotopic (exact) mass is 366 g/mol. The third-order valence-electron chi connectivity index (χ3n) is 4.94. The molecule has 2 heterocycles. The number of nitrogens with zero attached hydrogens (tertiary/aromatic N) is 3. The van der Waals surface area contributed by atoms with Gasteiger partial charge in [-0.15, -0.1) is 0 Å². The number of para-hydroxylation sites is 1. The number of aryl methyl sites for hydroxylation is 1. The fourth-order valence-corrected chi connectivity index (χ4v) is 3.32. The summed E-state index contributed by atoms with van der Waals surface area (Å²) in [5.74, 6) is 1.01. The highest BCUT2D eigenvalue weighted by atomic mass is 16.2. The SMILES string of the molecule is Cc1cccc(C(C)C)c1Nc1cc(C(=O)N2CCN(C=O)CC2)ccn1. The van der Waals surface area contributed by atoms with Gasteiger partial charge >= 0.3 is 0 Å². The topological polar surface area (TPSA) is 65.5 Å². The van der Waals surface area contributed by atoms with Crippen molar-refractivity contribution in [2.24, 2.45) is 0 Å². The molecule has 1 fully saturated rings. The van der Waals surface area contributed by atoms with E-state index in [9.17, 15) is 9.59 Å². The Bertz CT molecular complexity index is 827. The summed E-state index contributed by atoms with van der Waals surface area (Å²) in [7, 11) is 0. The molecule has 1 aliphatic heterocycles. The lowest BCUT2D eigenvalue weighted by atomic mass is 9.98. The Morgan fingerprint density at radius 1 is 1.19 bits per heavy atom. The number of benzene rings is 1. The van der Waals surface area contributed by atoms with Crippen molar-refractivity contribution in [1.29, 1.82) is 0 Å². The molecule has 27 heavy (non-hydrogen) atoms. The molecule has 1 N–H and O–H groups in total. The average Bonchev–Trinajstić information content (AvgIpc) is 2.69. The number of aromatic nitrogens is 1. The molecule has 6 nitrogen and oxygen atoms in total. The zero-order chi connectivity index (χ0) is 19.4. The summed E-state index contributed by atoms with van der Waals surface area (Å²) in [5.41, 5.74) is 4.01. The van der Waals surface area contributed by atoms with Crippen LogP contribution in [0.3, 0.4) is 0 Å². The zero-order valence-electron chi connectivity index (χ0n) is 16.1. The lowest BCUT2D eigenvalue weighted by Gasteiger charge is -2.32. The van der Waals surface area contributed by atoms with Gasteiger partial charge in [0.15, 0.2) is 0 Å². The minimum absolute atomic E-state index is 0.0279. The lowest BCUT2D eigenvalue weighted by molar-refractivity contribution is -0.119. The van der Waals surface area contributed by atoms with Crippen LogP contribution < -0.4 is 5.32 Å². The quantitative estimate of drug-likeness (QED) is 0.826. The second-order valence-electron chi connectivity index (χ2n) is 7.18. The molecular formula is C21H26N4O2. The molecule has 2 amide bonds. The van der Waals surface area contributed by atoms with E-state index >= 15 is 0 Å². The maximum Gasteiger partial charge on any atom is 0.254 e. The summed E-state index contributed by atoms with van der Waals surface area (Å²) < 4.78 is 0. The summed E-state index contributed by atoms with van der Waals surface area (Å²) >= 11 is 0. The lowest BCUT2D eigenvalue weighted by Crippen LogP contribution is -2.48. The molecule has 0 unspecified atom stereocenters. The van der Waals surface area contributed by atoms with Gasteiger partial charge in [-0.25, -0.2) is 4.98 Å². The molecule has 1 aromatic heterocycles. The number of pyridine rings is 1. The van der Waals surface area contributed by atoms with Crippen LogP contribution in [0.5, 0.6) is 0 Å². The standard InChI is InChI=1S/C21H26N4O2/c1-15(2)18-6-4-5-16(3)20(18)23-19-13-17(7-8-22-19)21(27)25-11-9-24(14-26)10-12-25/h4-8,13-15H,9-12H2,1-3H3,(H,22,23). The van der Waals surface area contributed by atoms with Crippen LogP contribution in [0.25, 0.3) is 0 Å². The predicted octanol–water partition coefficient (Wildman–Crippen LogP) is 3.17. The van der Waals surface area contributed by atoms with Crippen molar-refractivity contribution in [3.05, 3.63) is 53.2 Å². The van der Waals surface area contributed by atoms with Crippen molar-refractivity contribution in [2.75, 3.05) is 31.5 Å². The third kappa shape index (κ3) is 4.27. The van der Waals surface area contributed by atoms with E-state index in [4.69, 9.17) is 0 Å². The van der Waals surface area contributed by atoms with E-state index in [-0.39, 0.29) is 5.91 Å². The van der Waals surface area contributed by atoms with E-state index in [1.54, 1.807) is 28.1 Å². The fourth-order valence-electron chi connectivity index (χ4n) is 3.32. The molecule has 0 saturated carbocycles. The molecule has 0 bridgehead atoms. The zero-order valence-corrected chi connectivity index (χ0v) is 16.1. The van der Waals surface area contributed by atoms with Crippen LogP contribution in [0.4, 0.5) is 11.5 Å². The van der Waals surface area contributed by atoms with Gasteiger partial charge in [-0.3, -0.25) is 9.59 Å². The second-order valence-corrected chi connectivity index (χ2v) is 7.18. The van der Waals surface area contributed by atoms with Gasteiger partial charge in [-0.05, 0) is 36.1 Å². The Morgan fingerprint density at radius 3 is 2.59 bits per heavy atom. The number of hydrogen-bond donors (Lipinski definition) is 1. The van der Waals surface area contributed by atoms with Gasteiger partial charge in [0.2, 0.25) is 6.41 Å². The highest BCUT2D eigenvalue weighted by Gasteiger charge is 2.21. The van der Waals surface area contributed by atoms with Crippen LogP contribution in [0.15, 0.2) is 36.5 Å². The number of anilines is 2. The molecule has 6 heteroatoms. The van der Waals surface area contributed by atoms with Gasteiger partial charge in [-0.2, -0.15) is 0 Å². The molecule has 1 aromatic carbocycles. The maximum atomic E-state index is 12.8. The molecule has 142 valence electrons. The molecule has 0 spiro atoms. The first-order chi connectivity index (χ1) is 13.0. The highest BCUT2D eigenvalue weighted by Crippen LogP contribution is 2.29. The van der Waals surface area contributed by atoms with Crippen molar-refractivity contribution in [2.45, 2.75) is 26.7 Å². The van der Waals surface area contributed by atoms with Gasteiger partial charge in [0.1, 0.15) is 5.82 Å². The first kappa shape index (κ1) is 18.9. The van der Waals surface area contributed by atoms with Gasteiger partial charge in [0, 0.05) is 43.6 Å². The molecular weight excluding hydrogens is 340 g/mol. The Balaban J connectivity index is 1.79. The van der Waals surface area contributed by atoms with E-state index < -0.39 is 0 Å². The highest BCUT2D eigenvalue weighted by molar-refractivity contribution is 5.95. The average molecular weight is 366 g/mol. The fraction of sp³-hybridized carbons (Fsp3) is 0.381. The van der Waals surface area contributed by atoms with Crippen molar-refractivity contribution in [1.82, 2.24) is 14.8 Å². The smallest absolute Gasteiger partial charge is 0.254 e. The Labute approximate surface area is 160 Å². The molecule has 0 atom stereocenters. The van der Waals surface area contributed by atoms with Crippen LogP contribution in [0, 0.1) is 6.92 Å². The summed E-state index contributed by atoms with van der Waals surface area (Å²) in [5, 5.41) is 3.40. The van der Waals surface area contributed by atoms with Crippen molar-refractivity contribution >= 4 is 23.8 Å². The number of hydrogen-bond acceptors (Lipinski definition) is 4. The first-order valence-electron chi connectivity index (χ1n) is 9.31. The summed E-state index contributed by atoms with van der Waals surface area (Å²) in [6.45, 7) is 8.64. The van der Waals surface area contributed by atoms with Gasteiger partial charge in [-0.1, -0.05) is 32.0 Å². The van der Waals surface area contributed by atoms with Crippen LogP contribution >= 0.6 is 0 Å². The third-order valence-corrected chi connectivity index (χ3v) is 4.94. The van der Waals surface area contributed by atoms with E-state index in [1.165, 1.54) is 5.56 Å². The Morgan fingerprint density at radius 2 is 1.93 bits per heavy atom. The molecule has 1 saturated heterocycles. The molecule has 2 aromatic rings. The van der Waals surface area contributed by atoms with Gasteiger partial charge in [0.25, 0.3) is 5.91 Å². The Hall–Kier alpha value is -2.89. The normalized spacial score (nSPS) is 14.4. The number of carbonyl (C=O) groups is 2.